The van der Waals surface area contributed by atoms with Gasteiger partial charge in [0.05, 0.1) is 11.9 Å². The van der Waals surface area contributed by atoms with E-state index >= 15 is 0 Å². The quantitative estimate of drug-likeness (QED) is 0.820. The van der Waals surface area contributed by atoms with Crippen LogP contribution in [-0.4, -0.2) is 46.1 Å². The predicted molar refractivity (Wildman–Crippen MR) is 81.1 cm³/mol. The third-order valence-corrected chi connectivity index (χ3v) is 5.59. The van der Waals surface area contributed by atoms with Gasteiger partial charge in [0, 0.05) is 32.3 Å². The van der Waals surface area contributed by atoms with Crippen LogP contribution in [0.3, 0.4) is 0 Å². The lowest BCUT2D eigenvalue weighted by Gasteiger charge is -2.36. The molecule has 0 radical (unpaired) electrons. The van der Waals surface area contributed by atoms with E-state index in [1.165, 1.54) is 19.3 Å². The average Bonchev–Trinajstić information content (AvgIpc) is 3.22. The molecule has 6 nitrogen and oxygen atoms in total. The Balaban J connectivity index is 1.42. The summed E-state index contributed by atoms with van der Waals surface area (Å²) in [7, 11) is 1.84. The number of piperazine rings is 1. The molecule has 1 saturated heterocycles. The molecule has 2 aliphatic carbocycles. The Morgan fingerprint density at radius 3 is 2.73 bits per heavy atom. The molecule has 22 heavy (non-hydrogen) atoms. The van der Waals surface area contributed by atoms with Crippen molar-refractivity contribution in [2.24, 2.45) is 24.8 Å². The Bertz CT molecular complexity index is 611. The van der Waals surface area contributed by atoms with Crippen molar-refractivity contribution in [3.05, 3.63) is 12.4 Å². The molecule has 3 aliphatic rings. The number of anilines is 1. The molecule has 0 spiro atoms. The molecule has 1 aromatic heterocycles. The number of aryl methyl sites for hydroxylation is 1. The first-order valence-corrected chi connectivity index (χ1v) is 8.19. The van der Waals surface area contributed by atoms with Crippen molar-refractivity contribution in [3.8, 4) is 0 Å². The molecule has 3 unspecified atom stereocenters. The number of rotatable bonds is 2. The number of nitrogens with zero attached hydrogens (tertiary/aromatic N) is 4. The summed E-state index contributed by atoms with van der Waals surface area (Å²) < 4.78 is 1.69. The maximum Gasteiger partial charge on any atom is 0.246 e. The Labute approximate surface area is 130 Å². The molecule has 2 heterocycles. The third-order valence-electron chi connectivity index (χ3n) is 5.59. The molecule has 1 aliphatic heterocycles. The Morgan fingerprint density at radius 1 is 1.27 bits per heavy atom. The van der Waals surface area contributed by atoms with E-state index in [2.05, 4.69) is 5.10 Å². The van der Waals surface area contributed by atoms with E-state index < -0.39 is 0 Å². The van der Waals surface area contributed by atoms with Gasteiger partial charge < -0.3 is 9.80 Å². The van der Waals surface area contributed by atoms with Gasteiger partial charge in [0.1, 0.15) is 6.54 Å². The molecule has 118 valence electrons. The molecule has 0 N–H and O–H groups in total. The van der Waals surface area contributed by atoms with Gasteiger partial charge in [-0.05, 0) is 31.1 Å². The van der Waals surface area contributed by atoms with Crippen LogP contribution in [-0.2, 0) is 16.6 Å². The van der Waals surface area contributed by atoms with E-state index in [4.69, 9.17) is 0 Å². The van der Waals surface area contributed by atoms with Gasteiger partial charge in [0.15, 0.2) is 0 Å². The maximum absolute atomic E-state index is 12.7. The van der Waals surface area contributed by atoms with Crippen molar-refractivity contribution in [1.29, 1.82) is 0 Å². The number of hydrogen-bond acceptors (Lipinski definition) is 3. The van der Waals surface area contributed by atoms with Crippen LogP contribution in [0.5, 0.6) is 0 Å². The van der Waals surface area contributed by atoms with Gasteiger partial charge >= 0.3 is 0 Å². The maximum atomic E-state index is 12.7. The first-order chi connectivity index (χ1) is 10.6. The van der Waals surface area contributed by atoms with Crippen molar-refractivity contribution in [2.45, 2.75) is 25.7 Å². The van der Waals surface area contributed by atoms with Gasteiger partial charge in [-0.15, -0.1) is 0 Å². The monoisotopic (exact) mass is 302 g/mol. The zero-order chi connectivity index (χ0) is 15.3. The largest absolute Gasteiger partial charge is 0.331 e. The minimum absolute atomic E-state index is 0.00393. The van der Waals surface area contributed by atoms with Crippen LogP contribution in [0, 0.1) is 17.8 Å². The lowest BCUT2D eigenvalue weighted by molar-refractivity contribution is -0.141. The summed E-state index contributed by atoms with van der Waals surface area (Å²) in [6, 6.07) is 0. The molecule has 1 aromatic rings. The van der Waals surface area contributed by atoms with Crippen LogP contribution in [0.2, 0.25) is 0 Å². The van der Waals surface area contributed by atoms with Crippen molar-refractivity contribution in [1.82, 2.24) is 14.7 Å². The zero-order valence-corrected chi connectivity index (χ0v) is 12.9. The second-order valence-corrected chi connectivity index (χ2v) is 6.96. The van der Waals surface area contributed by atoms with Crippen LogP contribution in [0.25, 0.3) is 0 Å². The fraction of sp³-hybridized carbons (Fsp3) is 0.688. The van der Waals surface area contributed by atoms with E-state index in [0.29, 0.717) is 19.0 Å². The molecule has 3 fully saturated rings. The lowest BCUT2D eigenvalue weighted by atomic mass is 9.87. The lowest BCUT2D eigenvalue weighted by Crippen LogP contribution is -2.54. The van der Waals surface area contributed by atoms with Crippen LogP contribution in [0.1, 0.15) is 25.7 Å². The number of hydrogen-bond donors (Lipinski definition) is 0. The summed E-state index contributed by atoms with van der Waals surface area (Å²) in [4.78, 5) is 28.6. The van der Waals surface area contributed by atoms with E-state index in [-0.39, 0.29) is 24.3 Å². The van der Waals surface area contributed by atoms with Gasteiger partial charge in [-0.1, -0.05) is 6.42 Å². The van der Waals surface area contributed by atoms with Crippen molar-refractivity contribution in [3.63, 3.8) is 0 Å². The standard InChI is InChI=1S/C16H22N4O2/c1-18-9-13(8-17-18)20-5-4-19(10-15(20)21)16(22)14-7-11-2-3-12(14)6-11/h8-9,11-12,14H,2-7,10H2,1H3. The number of carbonyl (C=O) groups excluding carboxylic acids is 2. The fourth-order valence-corrected chi connectivity index (χ4v) is 4.46. The molecule has 0 aromatic carbocycles. The second kappa shape index (κ2) is 5.11. The van der Waals surface area contributed by atoms with E-state index in [0.717, 1.165) is 18.0 Å². The SMILES string of the molecule is Cn1cc(N2CCN(C(=O)C3CC4CCC3C4)CC2=O)cn1. The molecule has 2 amide bonds. The summed E-state index contributed by atoms with van der Waals surface area (Å²) in [5.74, 6) is 1.72. The number of fused-ring (bicyclic) bond motifs is 2. The zero-order valence-electron chi connectivity index (χ0n) is 12.9. The number of aromatic nitrogens is 2. The van der Waals surface area contributed by atoms with Crippen LogP contribution in [0.15, 0.2) is 12.4 Å². The molecular formula is C16H22N4O2. The highest BCUT2D eigenvalue weighted by molar-refractivity contribution is 5.98. The summed E-state index contributed by atoms with van der Waals surface area (Å²) >= 11 is 0. The Kier molecular flexibility index (Phi) is 3.20. The molecule has 2 saturated carbocycles. The van der Waals surface area contributed by atoms with Gasteiger partial charge in [-0.25, -0.2) is 0 Å². The first kappa shape index (κ1) is 13.8. The molecule has 6 heteroatoms. The summed E-state index contributed by atoms with van der Waals surface area (Å²) in [5, 5.41) is 4.11. The molecule has 2 bridgehead atoms. The van der Waals surface area contributed by atoms with Crippen molar-refractivity contribution < 1.29 is 9.59 Å². The molecule has 3 atom stereocenters. The fourth-order valence-electron chi connectivity index (χ4n) is 4.46. The Hall–Kier alpha value is -1.85. The van der Waals surface area contributed by atoms with Gasteiger partial charge in [-0.3, -0.25) is 14.3 Å². The molecular weight excluding hydrogens is 280 g/mol. The van der Waals surface area contributed by atoms with Crippen LogP contribution < -0.4 is 4.90 Å². The van der Waals surface area contributed by atoms with Crippen molar-refractivity contribution >= 4 is 17.5 Å². The number of amides is 2. The number of carbonyl (C=O) groups is 2. The minimum atomic E-state index is -0.00393. The summed E-state index contributed by atoms with van der Waals surface area (Å²) in [6.45, 7) is 1.41. The van der Waals surface area contributed by atoms with Crippen molar-refractivity contribution in [2.75, 3.05) is 24.5 Å². The van der Waals surface area contributed by atoms with E-state index in [1.54, 1.807) is 20.7 Å². The highest BCUT2D eigenvalue weighted by Gasteiger charge is 2.45. The summed E-state index contributed by atoms with van der Waals surface area (Å²) in [5.41, 5.74) is 0.819. The van der Waals surface area contributed by atoms with Gasteiger partial charge in [0.25, 0.3) is 0 Å². The average molecular weight is 302 g/mol. The van der Waals surface area contributed by atoms with E-state index in [9.17, 15) is 9.59 Å². The highest BCUT2D eigenvalue weighted by atomic mass is 16.2. The summed E-state index contributed by atoms with van der Waals surface area (Å²) in [6.07, 6.45) is 8.30. The van der Waals surface area contributed by atoms with Crippen LogP contribution in [0.4, 0.5) is 5.69 Å². The second-order valence-electron chi connectivity index (χ2n) is 6.96. The van der Waals surface area contributed by atoms with Crippen LogP contribution >= 0.6 is 0 Å². The minimum Gasteiger partial charge on any atom is -0.331 e. The highest BCUT2D eigenvalue weighted by Crippen LogP contribution is 2.48. The van der Waals surface area contributed by atoms with Gasteiger partial charge in [0.2, 0.25) is 11.8 Å². The molecule has 4 rings (SSSR count). The predicted octanol–water partition coefficient (Wildman–Crippen LogP) is 1.03. The normalized spacial score (nSPS) is 31.1. The van der Waals surface area contributed by atoms with Gasteiger partial charge in [-0.2, -0.15) is 5.10 Å². The van der Waals surface area contributed by atoms with E-state index in [1.807, 2.05) is 13.2 Å². The third kappa shape index (κ3) is 2.21. The smallest absolute Gasteiger partial charge is 0.246 e. The Morgan fingerprint density at radius 2 is 2.14 bits per heavy atom. The first-order valence-electron chi connectivity index (χ1n) is 8.19. The topological polar surface area (TPSA) is 58.4 Å².